The molecule has 0 spiro atoms. The highest BCUT2D eigenvalue weighted by Crippen LogP contribution is 2.47. The zero-order valence-corrected chi connectivity index (χ0v) is 15.9. The molecule has 142 valence electrons. The SMILES string of the molecule is CCn1ccc(CNC(=O)C(C)n2nc(C(F)(F)F)c(Br)c2C2CC2)n1. The van der Waals surface area contributed by atoms with Gasteiger partial charge in [-0.05, 0) is 48.7 Å². The van der Waals surface area contributed by atoms with Crippen molar-refractivity contribution in [3.63, 3.8) is 0 Å². The van der Waals surface area contributed by atoms with Gasteiger partial charge in [-0.2, -0.15) is 23.4 Å². The van der Waals surface area contributed by atoms with Crippen LogP contribution in [0.2, 0.25) is 0 Å². The topological polar surface area (TPSA) is 64.7 Å². The highest BCUT2D eigenvalue weighted by molar-refractivity contribution is 9.10. The van der Waals surface area contributed by atoms with Gasteiger partial charge in [0.1, 0.15) is 6.04 Å². The molecular formula is C16H19BrF3N5O. The Bertz CT molecular complexity index is 809. The Morgan fingerprint density at radius 1 is 1.42 bits per heavy atom. The maximum Gasteiger partial charge on any atom is 0.436 e. The average Bonchev–Trinajstić information content (AvgIpc) is 3.19. The number of aromatic nitrogens is 4. The summed E-state index contributed by atoms with van der Waals surface area (Å²) in [6, 6.07) is 0.933. The van der Waals surface area contributed by atoms with Crippen LogP contribution < -0.4 is 5.32 Å². The number of halogens is 4. The number of hydrogen-bond donors (Lipinski definition) is 1. The first-order valence-corrected chi connectivity index (χ1v) is 9.16. The summed E-state index contributed by atoms with van der Waals surface area (Å²) < 4.78 is 42.4. The van der Waals surface area contributed by atoms with E-state index in [0.717, 1.165) is 19.4 Å². The number of aryl methyl sites for hydroxylation is 1. The van der Waals surface area contributed by atoms with Crippen molar-refractivity contribution in [3.8, 4) is 0 Å². The quantitative estimate of drug-likeness (QED) is 0.756. The monoisotopic (exact) mass is 433 g/mol. The highest BCUT2D eigenvalue weighted by atomic mass is 79.9. The summed E-state index contributed by atoms with van der Waals surface area (Å²) in [6.45, 7) is 4.43. The second-order valence-corrected chi connectivity index (χ2v) is 7.11. The van der Waals surface area contributed by atoms with Crippen LogP contribution >= 0.6 is 15.9 Å². The molecule has 2 heterocycles. The molecule has 1 N–H and O–H groups in total. The molecule has 1 saturated carbocycles. The normalized spacial score (nSPS) is 15.9. The lowest BCUT2D eigenvalue weighted by atomic mass is 10.2. The molecule has 0 radical (unpaired) electrons. The van der Waals surface area contributed by atoms with Gasteiger partial charge in [-0.25, -0.2) is 0 Å². The molecule has 0 saturated heterocycles. The number of nitrogens with one attached hydrogen (secondary N) is 1. The number of nitrogens with zero attached hydrogens (tertiary/aromatic N) is 4. The van der Waals surface area contributed by atoms with Crippen molar-refractivity contribution in [2.24, 2.45) is 0 Å². The second-order valence-electron chi connectivity index (χ2n) is 6.32. The van der Waals surface area contributed by atoms with Crippen molar-refractivity contribution in [3.05, 3.63) is 33.8 Å². The van der Waals surface area contributed by atoms with Crippen LogP contribution in [0.4, 0.5) is 13.2 Å². The van der Waals surface area contributed by atoms with Gasteiger partial charge in [0.25, 0.3) is 0 Å². The second kappa shape index (κ2) is 7.05. The molecule has 0 aromatic carbocycles. The van der Waals surface area contributed by atoms with E-state index < -0.39 is 23.8 Å². The molecule has 1 atom stereocenters. The lowest BCUT2D eigenvalue weighted by molar-refractivity contribution is -0.142. The minimum absolute atomic E-state index is 0.00322. The van der Waals surface area contributed by atoms with Gasteiger partial charge in [0.2, 0.25) is 5.91 Å². The van der Waals surface area contributed by atoms with Crippen LogP contribution in [0.15, 0.2) is 16.7 Å². The lowest BCUT2D eigenvalue weighted by Gasteiger charge is -2.15. The zero-order chi connectivity index (χ0) is 19.1. The Morgan fingerprint density at radius 2 is 2.12 bits per heavy atom. The fraction of sp³-hybridized carbons (Fsp3) is 0.562. The predicted octanol–water partition coefficient (Wildman–Crippen LogP) is 3.64. The summed E-state index contributed by atoms with van der Waals surface area (Å²) in [7, 11) is 0. The zero-order valence-electron chi connectivity index (χ0n) is 14.3. The van der Waals surface area contributed by atoms with Crippen molar-refractivity contribution in [2.45, 2.75) is 57.9 Å². The van der Waals surface area contributed by atoms with Gasteiger partial charge in [-0.15, -0.1) is 0 Å². The van der Waals surface area contributed by atoms with E-state index in [4.69, 9.17) is 0 Å². The van der Waals surface area contributed by atoms with E-state index in [9.17, 15) is 18.0 Å². The average molecular weight is 434 g/mol. The summed E-state index contributed by atoms with van der Waals surface area (Å²) in [6.07, 6.45) is -1.18. The first-order chi connectivity index (χ1) is 12.2. The number of rotatable bonds is 6. The molecule has 0 aliphatic heterocycles. The summed E-state index contributed by atoms with van der Waals surface area (Å²) in [5, 5.41) is 10.7. The third-order valence-corrected chi connectivity index (χ3v) is 5.11. The molecular weight excluding hydrogens is 415 g/mol. The fourth-order valence-corrected chi connectivity index (χ4v) is 3.55. The summed E-state index contributed by atoms with van der Waals surface area (Å²) in [4.78, 5) is 12.5. The van der Waals surface area contributed by atoms with Gasteiger partial charge in [-0.1, -0.05) is 0 Å². The van der Waals surface area contributed by atoms with Crippen molar-refractivity contribution in [1.29, 1.82) is 0 Å². The Morgan fingerprint density at radius 3 is 2.65 bits per heavy atom. The van der Waals surface area contributed by atoms with Crippen molar-refractivity contribution < 1.29 is 18.0 Å². The molecule has 26 heavy (non-hydrogen) atoms. The molecule has 2 aromatic rings. The van der Waals surface area contributed by atoms with E-state index in [0.29, 0.717) is 11.4 Å². The molecule has 1 unspecified atom stereocenters. The van der Waals surface area contributed by atoms with Gasteiger partial charge >= 0.3 is 6.18 Å². The Hall–Kier alpha value is -1.84. The van der Waals surface area contributed by atoms with Crippen molar-refractivity contribution in [1.82, 2.24) is 24.9 Å². The molecule has 1 aliphatic carbocycles. The Balaban J connectivity index is 1.78. The molecule has 1 aliphatic rings. The third kappa shape index (κ3) is 3.79. The van der Waals surface area contributed by atoms with E-state index in [1.54, 1.807) is 23.9 Å². The van der Waals surface area contributed by atoms with Gasteiger partial charge < -0.3 is 5.32 Å². The number of carbonyl (C=O) groups excluding carboxylic acids is 1. The van der Waals surface area contributed by atoms with Crippen LogP contribution in [0.1, 0.15) is 55.7 Å². The Labute approximate surface area is 156 Å². The highest BCUT2D eigenvalue weighted by Gasteiger charge is 2.42. The summed E-state index contributed by atoms with van der Waals surface area (Å²) in [5.41, 5.74) is 0.142. The van der Waals surface area contributed by atoms with Gasteiger partial charge in [0.15, 0.2) is 5.69 Å². The Kier molecular flexibility index (Phi) is 5.14. The van der Waals surface area contributed by atoms with Gasteiger partial charge in [-0.3, -0.25) is 14.2 Å². The third-order valence-electron chi connectivity index (χ3n) is 4.33. The maximum absolute atomic E-state index is 13.2. The minimum Gasteiger partial charge on any atom is -0.349 e. The number of alkyl halides is 3. The van der Waals surface area contributed by atoms with Crippen LogP contribution in [0.25, 0.3) is 0 Å². The first kappa shape index (κ1) is 18.9. The van der Waals surface area contributed by atoms with Crippen molar-refractivity contribution >= 4 is 21.8 Å². The molecule has 2 aromatic heterocycles. The smallest absolute Gasteiger partial charge is 0.349 e. The van der Waals surface area contributed by atoms with Crippen LogP contribution in [0.3, 0.4) is 0 Å². The summed E-state index contributed by atoms with van der Waals surface area (Å²) in [5.74, 6) is -0.398. The van der Waals surface area contributed by atoms with Gasteiger partial charge in [0.05, 0.1) is 22.4 Å². The van der Waals surface area contributed by atoms with Crippen LogP contribution in [0, 0.1) is 0 Å². The van der Waals surface area contributed by atoms with Gasteiger partial charge in [0, 0.05) is 18.7 Å². The first-order valence-electron chi connectivity index (χ1n) is 8.37. The number of amides is 1. The van der Waals surface area contributed by atoms with Crippen LogP contribution in [-0.2, 0) is 24.1 Å². The number of hydrogen-bond acceptors (Lipinski definition) is 3. The van der Waals surface area contributed by atoms with E-state index in [1.807, 2.05) is 6.92 Å². The standard InChI is InChI=1S/C16H19BrF3N5O/c1-3-24-7-6-11(22-24)8-21-15(26)9(2)25-13(10-4-5-10)12(17)14(23-25)16(18,19)20/h6-7,9-10H,3-5,8H2,1-2H3,(H,21,26). The molecule has 10 heteroatoms. The maximum atomic E-state index is 13.2. The van der Waals surface area contributed by atoms with Crippen molar-refractivity contribution in [2.75, 3.05) is 0 Å². The summed E-state index contributed by atoms with van der Waals surface area (Å²) >= 11 is 3.03. The van der Waals surface area contributed by atoms with E-state index in [1.165, 1.54) is 4.68 Å². The van der Waals surface area contributed by atoms with E-state index >= 15 is 0 Å². The largest absolute Gasteiger partial charge is 0.436 e. The minimum atomic E-state index is -4.57. The van der Waals surface area contributed by atoms with Crippen LogP contribution in [-0.4, -0.2) is 25.5 Å². The molecule has 1 amide bonds. The predicted molar refractivity (Wildman–Crippen MR) is 91.4 cm³/mol. The van der Waals surface area contributed by atoms with E-state index in [2.05, 4.69) is 31.4 Å². The van der Waals surface area contributed by atoms with Crippen LogP contribution in [0.5, 0.6) is 0 Å². The molecule has 3 rings (SSSR count). The molecule has 0 bridgehead atoms. The van der Waals surface area contributed by atoms with E-state index in [-0.39, 0.29) is 16.9 Å². The number of carbonyl (C=O) groups is 1. The lowest BCUT2D eigenvalue weighted by Crippen LogP contribution is -2.32. The molecule has 6 nitrogen and oxygen atoms in total. The molecule has 1 fully saturated rings. The fourth-order valence-electron chi connectivity index (χ4n) is 2.74.